The van der Waals surface area contributed by atoms with Crippen molar-refractivity contribution in [1.82, 2.24) is 9.88 Å². The summed E-state index contributed by atoms with van der Waals surface area (Å²) in [5.41, 5.74) is 6.35. The van der Waals surface area contributed by atoms with Gasteiger partial charge in [0, 0.05) is 12.2 Å². The number of nitrogens with two attached hydrogens (primary N) is 1. The molecular weight excluding hydrogens is 246 g/mol. The standard InChI is InChI=1S/C13H19N3OS/c1-16-8-3-4-10(16)6-9-17-13-11(12(14)18)5-2-7-15-13/h2,5,7,10H,3-4,6,8-9H2,1H3,(H2,14,18). The molecule has 1 fully saturated rings. The first-order valence-electron chi connectivity index (χ1n) is 6.26. The molecule has 0 amide bonds. The third kappa shape index (κ3) is 3.17. The monoisotopic (exact) mass is 265 g/mol. The van der Waals surface area contributed by atoms with Crippen molar-refractivity contribution in [2.24, 2.45) is 5.73 Å². The number of hydrogen-bond donors (Lipinski definition) is 1. The van der Waals surface area contributed by atoms with E-state index in [9.17, 15) is 0 Å². The number of aromatic nitrogens is 1. The average molecular weight is 265 g/mol. The Morgan fingerprint density at radius 3 is 3.17 bits per heavy atom. The molecule has 1 aromatic rings. The Morgan fingerprint density at radius 2 is 2.50 bits per heavy atom. The summed E-state index contributed by atoms with van der Waals surface area (Å²) < 4.78 is 5.70. The van der Waals surface area contributed by atoms with E-state index in [1.165, 1.54) is 19.4 Å². The summed E-state index contributed by atoms with van der Waals surface area (Å²) in [5, 5.41) is 0. The van der Waals surface area contributed by atoms with Crippen LogP contribution in [0.2, 0.25) is 0 Å². The zero-order chi connectivity index (χ0) is 13.0. The number of rotatable bonds is 5. The van der Waals surface area contributed by atoms with E-state index < -0.39 is 0 Å². The van der Waals surface area contributed by atoms with Crippen LogP contribution in [0.1, 0.15) is 24.8 Å². The molecule has 98 valence electrons. The van der Waals surface area contributed by atoms with Crippen LogP contribution in [0.3, 0.4) is 0 Å². The van der Waals surface area contributed by atoms with Gasteiger partial charge in [-0.15, -0.1) is 0 Å². The van der Waals surface area contributed by atoms with E-state index in [0.717, 1.165) is 6.42 Å². The predicted molar refractivity (Wildman–Crippen MR) is 75.9 cm³/mol. The molecular formula is C13H19N3OS. The first-order chi connectivity index (χ1) is 8.68. The Balaban J connectivity index is 1.88. The van der Waals surface area contributed by atoms with E-state index in [0.29, 0.717) is 29.1 Å². The van der Waals surface area contributed by atoms with Gasteiger partial charge in [-0.3, -0.25) is 0 Å². The Hall–Kier alpha value is -1.20. The van der Waals surface area contributed by atoms with Crippen molar-refractivity contribution < 1.29 is 4.74 Å². The summed E-state index contributed by atoms with van der Waals surface area (Å²) in [6.07, 6.45) is 5.25. The van der Waals surface area contributed by atoms with Gasteiger partial charge in [0.2, 0.25) is 5.88 Å². The van der Waals surface area contributed by atoms with Crippen molar-refractivity contribution in [3.8, 4) is 5.88 Å². The number of nitrogens with zero attached hydrogens (tertiary/aromatic N) is 2. The summed E-state index contributed by atoms with van der Waals surface area (Å²) in [6.45, 7) is 1.84. The lowest BCUT2D eigenvalue weighted by atomic mass is 10.1. The number of likely N-dealkylation sites (tertiary alicyclic amines) is 1. The van der Waals surface area contributed by atoms with E-state index in [1.807, 2.05) is 12.1 Å². The first-order valence-corrected chi connectivity index (χ1v) is 6.67. The summed E-state index contributed by atoms with van der Waals surface area (Å²) >= 11 is 4.98. The molecule has 0 aromatic carbocycles. The van der Waals surface area contributed by atoms with Crippen molar-refractivity contribution in [2.45, 2.75) is 25.3 Å². The van der Waals surface area contributed by atoms with Crippen LogP contribution in [0, 0.1) is 0 Å². The highest BCUT2D eigenvalue weighted by Gasteiger charge is 2.20. The van der Waals surface area contributed by atoms with E-state index in [1.54, 1.807) is 6.20 Å². The van der Waals surface area contributed by atoms with E-state index >= 15 is 0 Å². The molecule has 1 aliphatic rings. The van der Waals surface area contributed by atoms with Crippen molar-refractivity contribution in [2.75, 3.05) is 20.2 Å². The zero-order valence-corrected chi connectivity index (χ0v) is 11.4. The zero-order valence-electron chi connectivity index (χ0n) is 10.6. The molecule has 5 heteroatoms. The summed E-state index contributed by atoms with van der Waals surface area (Å²) in [7, 11) is 2.17. The fraction of sp³-hybridized carbons (Fsp3) is 0.538. The summed E-state index contributed by atoms with van der Waals surface area (Å²) in [6, 6.07) is 4.28. The molecule has 18 heavy (non-hydrogen) atoms. The predicted octanol–water partition coefficient (Wildman–Crippen LogP) is 1.58. The molecule has 2 rings (SSSR count). The van der Waals surface area contributed by atoms with Crippen molar-refractivity contribution in [1.29, 1.82) is 0 Å². The third-order valence-corrected chi connectivity index (χ3v) is 3.62. The molecule has 0 radical (unpaired) electrons. The Labute approximate surface area is 113 Å². The number of thiocarbonyl (C=S) groups is 1. The quantitative estimate of drug-likeness (QED) is 0.819. The molecule has 1 unspecified atom stereocenters. The van der Waals surface area contributed by atoms with Crippen molar-refractivity contribution in [3.05, 3.63) is 23.9 Å². The lowest BCUT2D eigenvalue weighted by Crippen LogP contribution is -2.26. The Bertz CT molecular complexity index is 424. The molecule has 0 saturated carbocycles. The van der Waals surface area contributed by atoms with Gasteiger partial charge < -0.3 is 15.4 Å². The van der Waals surface area contributed by atoms with Crippen LogP contribution in [0.5, 0.6) is 5.88 Å². The minimum atomic E-state index is 0.330. The minimum absolute atomic E-state index is 0.330. The lowest BCUT2D eigenvalue weighted by molar-refractivity contribution is 0.228. The number of hydrogen-bond acceptors (Lipinski definition) is 4. The minimum Gasteiger partial charge on any atom is -0.477 e. The molecule has 0 spiro atoms. The average Bonchev–Trinajstić information content (AvgIpc) is 2.76. The largest absolute Gasteiger partial charge is 0.477 e. The highest BCUT2D eigenvalue weighted by molar-refractivity contribution is 7.80. The van der Waals surface area contributed by atoms with Gasteiger partial charge in [0.1, 0.15) is 4.99 Å². The maximum atomic E-state index is 5.70. The molecule has 0 bridgehead atoms. The summed E-state index contributed by atoms with van der Waals surface area (Å²) in [4.78, 5) is 6.89. The first kappa shape index (κ1) is 13.2. The number of ether oxygens (including phenoxy) is 1. The summed E-state index contributed by atoms with van der Waals surface area (Å²) in [5.74, 6) is 0.547. The van der Waals surface area contributed by atoms with Gasteiger partial charge in [-0.1, -0.05) is 12.2 Å². The Morgan fingerprint density at radius 1 is 1.67 bits per heavy atom. The smallest absolute Gasteiger partial charge is 0.223 e. The van der Waals surface area contributed by atoms with Gasteiger partial charge in [-0.25, -0.2) is 4.98 Å². The molecule has 2 heterocycles. The normalized spacial score (nSPS) is 19.9. The second-order valence-corrected chi connectivity index (χ2v) is 5.07. The van der Waals surface area contributed by atoms with Crippen LogP contribution in [-0.4, -0.2) is 41.1 Å². The van der Waals surface area contributed by atoms with Crippen molar-refractivity contribution in [3.63, 3.8) is 0 Å². The van der Waals surface area contributed by atoms with Gasteiger partial charge >= 0.3 is 0 Å². The topological polar surface area (TPSA) is 51.4 Å². The van der Waals surface area contributed by atoms with E-state index in [-0.39, 0.29) is 0 Å². The molecule has 4 nitrogen and oxygen atoms in total. The van der Waals surface area contributed by atoms with Gasteiger partial charge in [0.15, 0.2) is 0 Å². The van der Waals surface area contributed by atoms with Gasteiger partial charge in [-0.2, -0.15) is 0 Å². The van der Waals surface area contributed by atoms with E-state index in [4.69, 9.17) is 22.7 Å². The van der Waals surface area contributed by atoms with Crippen LogP contribution >= 0.6 is 12.2 Å². The van der Waals surface area contributed by atoms with Crippen LogP contribution in [-0.2, 0) is 0 Å². The molecule has 1 atom stereocenters. The SMILES string of the molecule is CN1CCCC1CCOc1ncccc1C(N)=S. The third-order valence-electron chi connectivity index (χ3n) is 3.40. The fourth-order valence-corrected chi connectivity index (χ4v) is 2.48. The van der Waals surface area contributed by atoms with Gasteiger partial charge in [0.25, 0.3) is 0 Å². The fourth-order valence-electron chi connectivity index (χ4n) is 2.33. The molecule has 1 aliphatic heterocycles. The second kappa shape index (κ2) is 6.11. The molecule has 1 saturated heterocycles. The lowest BCUT2D eigenvalue weighted by Gasteiger charge is -2.19. The highest BCUT2D eigenvalue weighted by atomic mass is 32.1. The van der Waals surface area contributed by atoms with Gasteiger partial charge in [-0.05, 0) is 45.0 Å². The highest BCUT2D eigenvalue weighted by Crippen LogP contribution is 2.19. The Kier molecular flexibility index (Phi) is 4.49. The van der Waals surface area contributed by atoms with Crippen LogP contribution in [0.15, 0.2) is 18.3 Å². The van der Waals surface area contributed by atoms with Crippen LogP contribution in [0.4, 0.5) is 0 Å². The number of pyridine rings is 1. The maximum Gasteiger partial charge on any atom is 0.223 e. The van der Waals surface area contributed by atoms with Crippen molar-refractivity contribution >= 4 is 17.2 Å². The van der Waals surface area contributed by atoms with E-state index in [2.05, 4.69) is 16.9 Å². The molecule has 1 aromatic heterocycles. The van der Waals surface area contributed by atoms with Crippen LogP contribution in [0.25, 0.3) is 0 Å². The van der Waals surface area contributed by atoms with Gasteiger partial charge in [0.05, 0.1) is 12.2 Å². The maximum absolute atomic E-state index is 5.70. The molecule has 2 N–H and O–H groups in total. The molecule has 0 aliphatic carbocycles. The van der Waals surface area contributed by atoms with Crippen LogP contribution < -0.4 is 10.5 Å². The second-order valence-electron chi connectivity index (χ2n) is 4.63.